The molecule has 1 aromatic carbocycles. The van der Waals surface area contributed by atoms with Crippen LogP contribution in [0.3, 0.4) is 0 Å². The summed E-state index contributed by atoms with van der Waals surface area (Å²) in [5.41, 5.74) is 9.84. The normalized spacial score (nSPS) is 12.1. The molecule has 96 valence electrons. The van der Waals surface area contributed by atoms with E-state index in [2.05, 4.69) is 5.43 Å². The van der Waals surface area contributed by atoms with Gasteiger partial charge in [0.2, 0.25) is 10.0 Å². The summed E-state index contributed by atoms with van der Waals surface area (Å²) in [5, 5.41) is 1.73. The minimum atomic E-state index is -3.43. The summed E-state index contributed by atoms with van der Waals surface area (Å²) in [6.45, 7) is 0. The Morgan fingerprint density at radius 2 is 1.76 bits per heavy atom. The first-order valence-electron chi connectivity index (χ1n) is 5.01. The van der Waals surface area contributed by atoms with Crippen molar-refractivity contribution in [3.63, 3.8) is 0 Å². The molecule has 0 aliphatic rings. The highest BCUT2D eigenvalue weighted by atomic mass is 32.2. The summed E-state index contributed by atoms with van der Waals surface area (Å²) in [4.78, 5) is 0.185. The molecule has 1 aromatic rings. The van der Waals surface area contributed by atoms with Gasteiger partial charge in [-0.1, -0.05) is 0 Å². The monoisotopic (exact) mass is 258 g/mol. The molecule has 0 radical (unpaired) electrons. The predicted octanol–water partition coefficient (Wildman–Crippen LogP) is 0.408. The summed E-state index contributed by atoms with van der Waals surface area (Å²) in [7, 11) is 3.18. The standard InChI is InChI=1S/C10H18N4O2S/c1-13(2)12-10-6-5-8(7-9(10)11)17(15,16)14(3)4/h5-7,12H,11H2,1-4H3. The Hall–Kier alpha value is -1.31. The van der Waals surface area contributed by atoms with Crippen LogP contribution < -0.4 is 11.2 Å². The molecular weight excluding hydrogens is 240 g/mol. The highest BCUT2D eigenvalue weighted by Gasteiger charge is 2.18. The van der Waals surface area contributed by atoms with Gasteiger partial charge in [0.15, 0.2) is 0 Å². The van der Waals surface area contributed by atoms with Crippen molar-refractivity contribution in [2.45, 2.75) is 4.90 Å². The fourth-order valence-corrected chi connectivity index (χ4v) is 2.19. The van der Waals surface area contributed by atoms with Crippen LogP contribution >= 0.6 is 0 Å². The fraction of sp³-hybridized carbons (Fsp3) is 0.400. The topological polar surface area (TPSA) is 78.7 Å². The fourth-order valence-electron chi connectivity index (χ4n) is 1.25. The molecule has 6 nitrogen and oxygen atoms in total. The van der Waals surface area contributed by atoms with Crippen LogP contribution in [0.1, 0.15) is 0 Å². The van der Waals surface area contributed by atoms with Crippen LogP contribution in [0.2, 0.25) is 0 Å². The van der Waals surface area contributed by atoms with Gasteiger partial charge in [0.1, 0.15) is 0 Å². The lowest BCUT2D eigenvalue weighted by Gasteiger charge is -2.17. The van der Waals surface area contributed by atoms with E-state index in [1.807, 2.05) is 14.1 Å². The predicted molar refractivity (Wildman–Crippen MR) is 69.0 cm³/mol. The zero-order valence-electron chi connectivity index (χ0n) is 10.4. The molecule has 0 aliphatic heterocycles. The van der Waals surface area contributed by atoms with Crippen molar-refractivity contribution in [3.8, 4) is 0 Å². The lowest BCUT2D eigenvalue weighted by atomic mass is 10.3. The number of nitrogens with two attached hydrogens (primary N) is 1. The van der Waals surface area contributed by atoms with E-state index in [4.69, 9.17) is 5.73 Å². The molecule has 0 aliphatic carbocycles. The average Bonchev–Trinajstić information content (AvgIpc) is 2.20. The van der Waals surface area contributed by atoms with Gasteiger partial charge in [-0.2, -0.15) is 0 Å². The second kappa shape index (κ2) is 4.91. The quantitative estimate of drug-likeness (QED) is 0.604. The smallest absolute Gasteiger partial charge is 0.242 e. The van der Waals surface area contributed by atoms with Crippen molar-refractivity contribution < 1.29 is 8.42 Å². The Labute approximate surface area is 102 Å². The molecule has 3 N–H and O–H groups in total. The molecule has 1 rings (SSSR count). The molecule has 17 heavy (non-hydrogen) atoms. The van der Waals surface area contributed by atoms with Crippen molar-refractivity contribution in [1.82, 2.24) is 9.31 Å². The molecule has 0 unspecified atom stereocenters. The number of nitrogens with one attached hydrogen (secondary N) is 1. The van der Waals surface area contributed by atoms with Gasteiger partial charge >= 0.3 is 0 Å². The molecule has 0 aromatic heterocycles. The van der Waals surface area contributed by atoms with E-state index < -0.39 is 10.0 Å². The Morgan fingerprint density at radius 1 is 1.18 bits per heavy atom. The Balaban J connectivity index is 3.13. The zero-order chi connectivity index (χ0) is 13.2. The summed E-state index contributed by atoms with van der Waals surface area (Å²) >= 11 is 0. The number of sulfonamides is 1. The molecule has 0 saturated heterocycles. The van der Waals surface area contributed by atoms with Crippen molar-refractivity contribution in [2.75, 3.05) is 39.4 Å². The van der Waals surface area contributed by atoms with Crippen LogP contribution in [0.5, 0.6) is 0 Å². The number of anilines is 2. The van der Waals surface area contributed by atoms with Crippen LogP contribution in [0, 0.1) is 0 Å². The van der Waals surface area contributed by atoms with Crippen LogP contribution in [0.4, 0.5) is 11.4 Å². The third-order valence-corrected chi connectivity index (χ3v) is 3.96. The Kier molecular flexibility index (Phi) is 3.97. The first-order chi connectivity index (χ1) is 7.75. The van der Waals surface area contributed by atoms with Gasteiger partial charge in [-0.05, 0) is 18.2 Å². The third-order valence-electron chi connectivity index (χ3n) is 2.15. The highest BCUT2D eigenvalue weighted by Crippen LogP contribution is 2.23. The highest BCUT2D eigenvalue weighted by molar-refractivity contribution is 7.89. The molecule has 7 heteroatoms. The Bertz CT molecular complexity index is 497. The minimum absolute atomic E-state index is 0.185. The van der Waals surface area contributed by atoms with E-state index in [1.54, 1.807) is 11.1 Å². The molecule has 0 atom stereocenters. The SMILES string of the molecule is CN(C)Nc1ccc(S(=O)(=O)N(C)C)cc1N. The van der Waals surface area contributed by atoms with E-state index in [9.17, 15) is 8.42 Å². The molecule has 0 spiro atoms. The van der Waals surface area contributed by atoms with Gasteiger partial charge in [0, 0.05) is 28.2 Å². The van der Waals surface area contributed by atoms with Crippen molar-refractivity contribution >= 4 is 21.4 Å². The lowest BCUT2D eigenvalue weighted by molar-refractivity contribution is 0.495. The van der Waals surface area contributed by atoms with Crippen LogP contribution in [-0.2, 0) is 10.0 Å². The largest absolute Gasteiger partial charge is 0.397 e. The van der Waals surface area contributed by atoms with E-state index >= 15 is 0 Å². The van der Waals surface area contributed by atoms with Crippen molar-refractivity contribution in [2.24, 2.45) is 0 Å². The average molecular weight is 258 g/mol. The van der Waals surface area contributed by atoms with Crippen LogP contribution in [0.15, 0.2) is 23.1 Å². The number of hydrogen-bond donors (Lipinski definition) is 2. The maximum atomic E-state index is 11.9. The first-order valence-corrected chi connectivity index (χ1v) is 6.45. The molecule has 0 amide bonds. The van der Waals surface area contributed by atoms with E-state index in [0.717, 1.165) is 4.31 Å². The Morgan fingerprint density at radius 3 is 2.18 bits per heavy atom. The number of nitrogens with zero attached hydrogens (tertiary/aromatic N) is 2. The van der Waals surface area contributed by atoms with E-state index in [-0.39, 0.29) is 4.90 Å². The second-order valence-electron chi connectivity index (χ2n) is 4.04. The van der Waals surface area contributed by atoms with Gasteiger partial charge in [-0.15, -0.1) is 0 Å². The van der Waals surface area contributed by atoms with Gasteiger partial charge < -0.3 is 11.2 Å². The summed E-state index contributed by atoms with van der Waals surface area (Å²) in [6.07, 6.45) is 0. The zero-order valence-corrected chi connectivity index (χ0v) is 11.2. The van der Waals surface area contributed by atoms with Gasteiger partial charge in [-0.3, -0.25) is 0 Å². The molecule has 0 saturated carbocycles. The summed E-state index contributed by atoms with van der Waals surface area (Å²) in [5.74, 6) is 0. The van der Waals surface area contributed by atoms with Gasteiger partial charge in [0.25, 0.3) is 0 Å². The number of nitrogen functional groups attached to an aromatic ring is 1. The van der Waals surface area contributed by atoms with E-state index in [0.29, 0.717) is 11.4 Å². The number of hydrazine groups is 1. The lowest BCUT2D eigenvalue weighted by Crippen LogP contribution is -2.23. The van der Waals surface area contributed by atoms with Crippen molar-refractivity contribution in [3.05, 3.63) is 18.2 Å². The third kappa shape index (κ3) is 3.09. The molecular formula is C10H18N4O2S. The van der Waals surface area contributed by atoms with Crippen molar-refractivity contribution in [1.29, 1.82) is 0 Å². The molecule has 0 fully saturated rings. The minimum Gasteiger partial charge on any atom is -0.397 e. The van der Waals surface area contributed by atoms with Crippen LogP contribution in [0.25, 0.3) is 0 Å². The van der Waals surface area contributed by atoms with E-state index in [1.165, 1.54) is 26.2 Å². The maximum absolute atomic E-state index is 11.9. The molecule has 0 heterocycles. The number of benzene rings is 1. The summed E-state index contributed by atoms with van der Waals surface area (Å²) < 4.78 is 24.9. The molecule has 0 bridgehead atoms. The van der Waals surface area contributed by atoms with Crippen LogP contribution in [-0.4, -0.2) is 45.9 Å². The summed E-state index contributed by atoms with van der Waals surface area (Å²) in [6, 6.07) is 4.62. The van der Waals surface area contributed by atoms with Gasteiger partial charge in [-0.25, -0.2) is 17.7 Å². The first kappa shape index (κ1) is 13.8. The maximum Gasteiger partial charge on any atom is 0.242 e. The second-order valence-corrected chi connectivity index (χ2v) is 6.19. The van der Waals surface area contributed by atoms with Gasteiger partial charge in [0.05, 0.1) is 16.3 Å². The number of hydrogen-bond acceptors (Lipinski definition) is 5. The number of rotatable bonds is 4.